The molecule has 2 aliphatic heterocycles. The predicted molar refractivity (Wildman–Crippen MR) is 134 cm³/mol. The van der Waals surface area contributed by atoms with Crippen molar-refractivity contribution < 1.29 is 23.1 Å². The number of aliphatic hydroxyl groups is 1. The number of piperazine rings is 1. The summed E-state index contributed by atoms with van der Waals surface area (Å²) in [6.45, 7) is 1.89. The first kappa shape index (κ1) is 24.8. The molecule has 3 heterocycles. The number of thioether (sulfide) groups is 1. The number of carbonyl (C=O) groups excluding carboxylic acids is 1. The number of rotatable bonds is 4. The summed E-state index contributed by atoms with van der Waals surface area (Å²) in [7, 11) is 0. The third-order valence-corrected chi connectivity index (χ3v) is 7.30. The first-order valence-electron chi connectivity index (χ1n) is 11.1. The van der Waals surface area contributed by atoms with Crippen LogP contribution in [0.25, 0.3) is 17.0 Å². The topological polar surface area (TPSA) is 82.8 Å². The van der Waals surface area contributed by atoms with Crippen LogP contribution >= 0.6 is 23.4 Å². The van der Waals surface area contributed by atoms with Crippen LogP contribution in [0.4, 0.5) is 13.2 Å². The zero-order chi connectivity index (χ0) is 25.4. The highest BCUT2D eigenvalue weighted by molar-refractivity contribution is 8.18. The number of carbonyl (C=O) groups is 1. The molecule has 0 radical (unpaired) electrons. The van der Waals surface area contributed by atoms with Crippen LogP contribution in [0.2, 0.25) is 5.02 Å². The summed E-state index contributed by atoms with van der Waals surface area (Å²) >= 11 is 7.08. The van der Waals surface area contributed by atoms with Gasteiger partial charge in [-0.1, -0.05) is 23.7 Å². The quantitative estimate of drug-likeness (QED) is 0.492. The van der Waals surface area contributed by atoms with Crippen molar-refractivity contribution >= 4 is 51.4 Å². The van der Waals surface area contributed by atoms with Crippen molar-refractivity contribution in [2.24, 2.45) is 4.99 Å². The van der Waals surface area contributed by atoms with E-state index in [4.69, 9.17) is 11.6 Å². The molecule has 1 atom stereocenters. The minimum atomic E-state index is -4.53. The first-order chi connectivity index (χ1) is 17.2. The normalized spacial score (nSPS) is 20.0. The Balaban J connectivity index is 1.35. The number of aromatic nitrogens is 2. The zero-order valence-electron chi connectivity index (χ0n) is 18.8. The second kappa shape index (κ2) is 9.89. The van der Waals surface area contributed by atoms with Crippen molar-refractivity contribution in [2.45, 2.75) is 18.8 Å². The van der Waals surface area contributed by atoms with Gasteiger partial charge in [-0.05, 0) is 53.2 Å². The van der Waals surface area contributed by atoms with Crippen LogP contribution < -0.4 is 5.32 Å². The van der Waals surface area contributed by atoms with E-state index in [1.165, 1.54) is 28.6 Å². The Labute approximate surface area is 213 Å². The maximum atomic E-state index is 13.5. The van der Waals surface area contributed by atoms with Crippen molar-refractivity contribution in [1.29, 1.82) is 0 Å². The number of alkyl halides is 3. The summed E-state index contributed by atoms with van der Waals surface area (Å²) in [5.41, 5.74) is 0.697. The minimum Gasteiger partial charge on any atom is -0.395 e. The van der Waals surface area contributed by atoms with Crippen LogP contribution in [0.15, 0.2) is 52.5 Å². The molecule has 1 saturated heterocycles. The standard InChI is InChI=1S/C24H21ClF3N5O2S/c25-17-3-2-15(19(9-17)24(26,27)28)11-33-20-4-1-14(7-16(20)10-30-33)8-21-22(35)31-23(36-21)32-6-5-29-18(12-32)13-34/h1-4,7-10,18,29,34H,5-6,11-13H2/b21-8-. The van der Waals surface area contributed by atoms with Gasteiger partial charge in [-0.15, -0.1) is 0 Å². The van der Waals surface area contributed by atoms with Crippen molar-refractivity contribution in [3.8, 4) is 0 Å². The molecular weight excluding hydrogens is 515 g/mol. The molecule has 3 aromatic rings. The van der Waals surface area contributed by atoms with Crippen LogP contribution in [-0.2, 0) is 17.5 Å². The molecule has 2 aromatic carbocycles. The Bertz CT molecular complexity index is 1390. The molecule has 0 saturated carbocycles. The van der Waals surface area contributed by atoms with Gasteiger partial charge in [0.05, 0.1) is 35.3 Å². The van der Waals surface area contributed by atoms with E-state index in [9.17, 15) is 23.1 Å². The van der Waals surface area contributed by atoms with E-state index in [0.29, 0.717) is 35.2 Å². The average Bonchev–Trinajstić information content (AvgIpc) is 3.42. The lowest BCUT2D eigenvalue weighted by Crippen LogP contribution is -2.53. The Morgan fingerprint density at radius 2 is 2.08 bits per heavy atom. The summed E-state index contributed by atoms with van der Waals surface area (Å²) in [6.07, 6.45) is -1.20. The van der Waals surface area contributed by atoms with Gasteiger partial charge in [0.2, 0.25) is 0 Å². The van der Waals surface area contributed by atoms with E-state index < -0.39 is 11.7 Å². The summed E-state index contributed by atoms with van der Waals surface area (Å²) in [5.74, 6) is -0.327. The monoisotopic (exact) mass is 535 g/mol. The van der Waals surface area contributed by atoms with Crippen molar-refractivity contribution in [1.82, 2.24) is 20.0 Å². The maximum Gasteiger partial charge on any atom is 0.416 e. The van der Waals surface area contributed by atoms with E-state index in [-0.39, 0.29) is 35.7 Å². The van der Waals surface area contributed by atoms with Crippen LogP contribution in [0, 0.1) is 0 Å². The lowest BCUT2D eigenvalue weighted by Gasteiger charge is -2.33. The Morgan fingerprint density at radius 3 is 2.86 bits per heavy atom. The number of hydrogen-bond acceptors (Lipinski definition) is 6. The molecular formula is C24H21ClF3N5O2S. The SMILES string of the molecule is O=C1N=C(N2CCNC(CO)C2)S/C1=C\c1ccc2c(cnn2Cc2ccc(Cl)cc2C(F)(F)F)c1. The molecule has 1 fully saturated rings. The summed E-state index contributed by atoms with van der Waals surface area (Å²) < 4.78 is 41.9. The molecule has 5 rings (SSSR count). The summed E-state index contributed by atoms with van der Waals surface area (Å²) in [4.78, 5) is 19.1. The number of fused-ring (bicyclic) bond motifs is 1. The average molecular weight is 536 g/mol. The summed E-state index contributed by atoms with van der Waals surface area (Å²) in [5, 5.41) is 18.3. The second-order valence-corrected chi connectivity index (χ2v) is 9.96. The number of aliphatic hydroxyl groups excluding tert-OH is 1. The Morgan fingerprint density at radius 1 is 1.25 bits per heavy atom. The second-order valence-electron chi connectivity index (χ2n) is 8.51. The van der Waals surface area contributed by atoms with Crippen molar-refractivity contribution in [2.75, 3.05) is 26.2 Å². The number of benzene rings is 2. The highest BCUT2D eigenvalue weighted by Gasteiger charge is 2.34. The van der Waals surface area contributed by atoms with E-state index >= 15 is 0 Å². The number of amides is 1. The fourth-order valence-electron chi connectivity index (χ4n) is 4.24. The van der Waals surface area contributed by atoms with Gasteiger partial charge in [0.1, 0.15) is 0 Å². The Hall–Kier alpha value is -2.86. The third-order valence-electron chi connectivity index (χ3n) is 6.02. The fourth-order valence-corrected chi connectivity index (χ4v) is 5.36. The molecule has 1 aromatic heterocycles. The number of amidine groups is 1. The van der Waals surface area contributed by atoms with Crippen molar-refractivity contribution in [3.05, 3.63) is 69.2 Å². The molecule has 1 amide bonds. The molecule has 1 unspecified atom stereocenters. The predicted octanol–water partition coefficient (Wildman–Crippen LogP) is 3.99. The number of nitrogens with one attached hydrogen (secondary N) is 1. The molecule has 2 N–H and O–H groups in total. The molecule has 0 spiro atoms. The summed E-state index contributed by atoms with van der Waals surface area (Å²) in [6, 6.07) is 9.03. The van der Waals surface area contributed by atoms with Crippen molar-refractivity contribution in [3.63, 3.8) is 0 Å². The van der Waals surface area contributed by atoms with Crippen LogP contribution in [-0.4, -0.2) is 63.1 Å². The number of nitrogens with zero attached hydrogens (tertiary/aromatic N) is 4. The molecule has 12 heteroatoms. The van der Waals surface area contributed by atoms with Gasteiger partial charge in [0, 0.05) is 36.1 Å². The fraction of sp³-hybridized carbons (Fsp3) is 0.292. The lowest BCUT2D eigenvalue weighted by atomic mass is 10.1. The van der Waals surface area contributed by atoms with E-state index in [1.54, 1.807) is 24.4 Å². The third kappa shape index (κ3) is 5.15. The van der Waals surface area contributed by atoms with Crippen LogP contribution in [0.3, 0.4) is 0 Å². The highest BCUT2D eigenvalue weighted by Crippen LogP contribution is 2.35. The molecule has 0 aliphatic carbocycles. The van der Waals surface area contributed by atoms with Gasteiger partial charge in [-0.2, -0.15) is 23.3 Å². The van der Waals surface area contributed by atoms with Gasteiger partial charge in [0.25, 0.3) is 5.91 Å². The number of halogens is 4. The van der Waals surface area contributed by atoms with Crippen LogP contribution in [0.5, 0.6) is 0 Å². The molecule has 2 aliphatic rings. The molecule has 188 valence electrons. The molecule has 36 heavy (non-hydrogen) atoms. The van der Waals surface area contributed by atoms with E-state index in [0.717, 1.165) is 17.0 Å². The van der Waals surface area contributed by atoms with Gasteiger partial charge in [-0.3, -0.25) is 9.48 Å². The van der Waals surface area contributed by atoms with E-state index in [2.05, 4.69) is 15.4 Å². The van der Waals surface area contributed by atoms with E-state index in [1.807, 2.05) is 11.0 Å². The smallest absolute Gasteiger partial charge is 0.395 e. The van der Waals surface area contributed by atoms with Gasteiger partial charge in [0.15, 0.2) is 5.17 Å². The Kier molecular flexibility index (Phi) is 6.82. The lowest BCUT2D eigenvalue weighted by molar-refractivity contribution is -0.138. The molecule has 0 bridgehead atoms. The number of aliphatic imine (C=N–C) groups is 1. The number of hydrogen-bond donors (Lipinski definition) is 2. The molecule has 7 nitrogen and oxygen atoms in total. The van der Waals surface area contributed by atoms with Gasteiger partial charge >= 0.3 is 6.18 Å². The van der Waals surface area contributed by atoms with Crippen LogP contribution in [0.1, 0.15) is 16.7 Å². The van der Waals surface area contributed by atoms with Gasteiger partial charge in [-0.25, -0.2) is 0 Å². The zero-order valence-corrected chi connectivity index (χ0v) is 20.4. The highest BCUT2D eigenvalue weighted by atomic mass is 35.5. The first-order valence-corrected chi connectivity index (χ1v) is 12.3. The van der Waals surface area contributed by atoms with Gasteiger partial charge < -0.3 is 15.3 Å². The minimum absolute atomic E-state index is 0.00826. The maximum absolute atomic E-state index is 13.5. The largest absolute Gasteiger partial charge is 0.416 e.